The number of hydrogen-bond donors (Lipinski definition) is 1. The molecule has 0 bridgehead atoms. The van der Waals surface area contributed by atoms with Crippen molar-refractivity contribution in [1.82, 2.24) is 14.9 Å². The van der Waals surface area contributed by atoms with Crippen molar-refractivity contribution in [1.29, 1.82) is 0 Å². The lowest BCUT2D eigenvalue weighted by Gasteiger charge is -2.19. The summed E-state index contributed by atoms with van der Waals surface area (Å²) in [5.41, 5.74) is 4.01. The maximum Gasteiger partial charge on any atom is 0.0949 e. The van der Waals surface area contributed by atoms with Crippen molar-refractivity contribution in [2.45, 2.75) is 13.1 Å². The quantitative estimate of drug-likeness (QED) is 0.823. The predicted octanol–water partition coefficient (Wildman–Crippen LogP) is 2.03. The Balaban J connectivity index is 1.94. The van der Waals surface area contributed by atoms with Crippen molar-refractivity contribution in [3.8, 4) is 0 Å². The average molecular weight is 211 g/mol. The van der Waals surface area contributed by atoms with E-state index in [2.05, 4.69) is 45.3 Å². The lowest BCUT2D eigenvalue weighted by molar-refractivity contribution is 0.794. The van der Waals surface area contributed by atoms with E-state index >= 15 is 0 Å². The van der Waals surface area contributed by atoms with Gasteiger partial charge in [0.1, 0.15) is 0 Å². The van der Waals surface area contributed by atoms with Crippen LogP contribution in [0.2, 0.25) is 0 Å². The van der Waals surface area contributed by atoms with E-state index in [9.17, 15) is 0 Å². The number of hydrogen-bond acceptors (Lipinski definition) is 2. The van der Waals surface area contributed by atoms with Crippen LogP contribution in [0.5, 0.6) is 0 Å². The molecule has 0 amide bonds. The molecule has 0 unspecified atom stereocenters. The summed E-state index contributed by atoms with van der Waals surface area (Å²) in [5, 5.41) is 3.31. The van der Waals surface area contributed by atoms with Crippen LogP contribution in [-0.2, 0) is 13.1 Å². The van der Waals surface area contributed by atoms with Gasteiger partial charge in [-0.3, -0.25) is 0 Å². The molecule has 3 rings (SSSR count). The highest BCUT2D eigenvalue weighted by Crippen LogP contribution is 2.23. The molecule has 1 aliphatic heterocycles. The van der Waals surface area contributed by atoms with E-state index in [0.29, 0.717) is 0 Å². The Morgan fingerprint density at radius 2 is 2.25 bits per heavy atom. The molecule has 1 aliphatic rings. The molecular formula is C13H13N3. The van der Waals surface area contributed by atoms with Crippen LogP contribution in [0.15, 0.2) is 49.2 Å². The van der Waals surface area contributed by atoms with Crippen LogP contribution >= 0.6 is 0 Å². The number of aromatic nitrogens is 2. The third-order valence-electron chi connectivity index (χ3n) is 2.84. The molecule has 0 atom stereocenters. The van der Waals surface area contributed by atoms with Crippen molar-refractivity contribution in [3.63, 3.8) is 0 Å². The van der Waals surface area contributed by atoms with Crippen molar-refractivity contribution >= 4 is 5.57 Å². The smallest absolute Gasteiger partial charge is 0.0949 e. The van der Waals surface area contributed by atoms with Crippen LogP contribution in [0.1, 0.15) is 11.1 Å². The molecule has 0 fully saturated rings. The fourth-order valence-corrected chi connectivity index (χ4v) is 2.06. The van der Waals surface area contributed by atoms with Gasteiger partial charge < -0.3 is 9.88 Å². The Morgan fingerprint density at radius 1 is 1.31 bits per heavy atom. The van der Waals surface area contributed by atoms with Crippen LogP contribution in [0.4, 0.5) is 0 Å². The molecule has 1 aromatic carbocycles. The van der Waals surface area contributed by atoms with Gasteiger partial charge in [0.05, 0.1) is 12.9 Å². The number of imidazole rings is 1. The lowest BCUT2D eigenvalue weighted by atomic mass is 9.98. The zero-order valence-corrected chi connectivity index (χ0v) is 8.93. The molecule has 2 heterocycles. The molecule has 16 heavy (non-hydrogen) atoms. The summed E-state index contributed by atoms with van der Waals surface area (Å²) < 4.78 is 2.08. The van der Waals surface area contributed by atoms with E-state index in [4.69, 9.17) is 0 Å². The van der Waals surface area contributed by atoms with Gasteiger partial charge in [0, 0.05) is 25.1 Å². The van der Waals surface area contributed by atoms with E-state index in [1.165, 1.54) is 16.7 Å². The van der Waals surface area contributed by atoms with Crippen LogP contribution < -0.4 is 5.32 Å². The Labute approximate surface area is 94.4 Å². The molecule has 0 saturated heterocycles. The maximum atomic E-state index is 4.06. The van der Waals surface area contributed by atoms with E-state index in [1.807, 2.05) is 18.7 Å². The largest absolute Gasteiger partial charge is 0.386 e. The molecule has 1 aromatic heterocycles. The minimum atomic E-state index is 0.865. The average Bonchev–Trinajstić information content (AvgIpc) is 2.82. The SMILES string of the molecule is C1=C(Cn2ccnc2)c2ccccc2CN1. The van der Waals surface area contributed by atoms with Crippen molar-refractivity contribution in [3.05, 3.63) is 60.3 Å². The molecule has 3 heteroatoms. The third-order valence-corrected chi connectivity index (χ3v) is 2.84. The predicted molar refractivity (Wildman–Crippen MR) is 63.5 cm³/mol. The summed E-state index contributed by atoms with van der Waals surface area (Å²) in [6.07, 6.45) is 7.74. The topological polar surface area (TPSA) is 29.9 Å². The fraction of sp³-hybridized carbons (Fsp3) is 0.154. The van der Waals surface area contributed by atoms with Gasteiger partial charge >= 0.3 is 0 Å². The van der Waals surface area contributed by atoms with Crippen molar-refractivity contribution in [2.24, 2.45) is 0 Å². The number of nitrogens with zero attached hydrogens (tertiary/aromatic N) is 2. The zero-order valence-electron chi connectivity index (χ0n) is 8.93. The van der Waals surface area contributed by atoms with Gasteiger partial charge in [-0.05, 0) is 16.7 Å². The minimum Gasteiger partial charge on any atom is -0.386 e. The molecule has 0 aliphatic carbocycles. The minimum absolute atomic E-state index is 0.865. The highest BCUT2D eigenvalue weighted by Gasteiger charge is 2.11. The van der Waals surface area contributed by atoms with E-state index in [1.54, 1.807) is 0 Å². The number of nitrogens with one attached hydrogen (secondary N) is 1. The summed E-state index contributed by atoms with van der Waals surface area (Å²) in [6, 6.07) is 8.52. The standard InChI is InChI=1S/C13H13N3/c1-2-4-13-11(3-1)7-15-8-12(13)9-16-6-5-14-10-16/h1-6,8,10,15H,7,9H2. The van der Waals surface area contributed by atoms with Gasteiger partial charge in [0.15, 0.2) is 0 Å². The zero-order chi connectivity index (χ0) is 10.8. The first-order valence-corrected chi connectivity index (χ1v) is 5.40. The van der Waals surface area contributed by atoms with Gasteiger partial charge in [-0.15, -0.1) is 0 Å². The van der Waals surface area contributed by atoms with E-state index < -0.39 is 0 Å². The first-order valence-electron chi connectivity index (χ1n) is 5.40. The monoisotopic (exact) mass is 211 g/mol. The summed E-state index contributed by atoms with van der Waals surface area (Å²) in [7, 11) is 0. The fourth-order valence-electron chi connectivity index (χ4n) is 2.06. The Bertz CT molecular complexity index is 512. The second kappa shape index (κ2) is 3.85. The van der Waals surface area contributed by atoms with Crippen LogP contribution in [0.25, 0.3) is 5.57 Å². The lowest BCUT2D eigenvalue weighted by Crippen LogP contribution is -2.15. The summed E-state index contributed by atoms with van der Waals surface area (Å²) in [4.78, 5) is 4.06. The highest BCUT2D eigenvalue weighted by molar-refractivity contribution is 5.69. The summed E-state index contributed by atoms with van der Waals surface area (Å²) in [6.45, 7) is 1.79. The second-order valence-electron chi connectivity index (χ2n) is 3.94. The molecule has 1 N–H and O–H groups in total. The summed E-state index contributed by atoms with van der Waals surface area (Å²) >= 11 is 0. The number of benzene rings is 1. The maximum absolute atomic E-state index is 4.06. The summed E-state index contributed by atoms with van der Waals surface area (Å²) in [5.74, 6) is 0. The van der Waals surface area contributed by atoms with Crippen molar-refractivity contribution in [2.75, 3.05) is 0 Å². The molecule has 0 spiro atoms. The molecule has 0 radical (unpaired) electrons. The van der Waals surface area contributed by atoms with Gasteiger partial charge in [-0.1, -0.05) is 24.3 Å². The second-order valence-corrected chi connectivity index (χ2v) is 3.94. The number of fused-ring (bicyclic) bond motifs is 1. The van der Waals surface area contributed by atoms with Crippen LogP contribution in [-0.4, -0.2) is 9.55 Å². The molecule has 2 aromatic rings. The highest BCUT2D eigenvalue weighted by atomic mass is 15.0. The molecular weight excluding hydrogens is 198 g/mol. The number of allylic oxidation sites excluding steroid dienone is 1. The Morgan fingerprint density at radius 3 is 3.12 bits per heavy atom. The van der Waals surface area contributed by atoms with E-state index in [-0.39, 0.29) is 0 Å². The van der Waals surface area contributed by atoms with E-state index in [0.717, 1.165) is 13.1 Å². The Hall–Kier alpha value is -2.03. The number of rotatable bonds is 2. The molecule has 0 saturated carbocycles. The van der Waals surface area contributed by atoms with Crippen molar-refractivity contribution < 1.29 is 0 Å². The Kier molecular flexibility index (Phi) is 2.22. The first-order chi connectivity index (χ1) is 7.93. The van der Waals surface area contributed by atoms with Gasteiger partial charge in [0.25, 0.3) is 0 Å². The molecule has 80 valence electrons. The van der Waals surface area contributed by atoms with Gasteiger partial charge in [0.2, 0.25) is 0 Å². The van der Waals surface area contributed by atoms with Gasteiger partial charge in [-0.25, -0.2) is 4.98 Å². The first kappa shape index (κ1) is 9.21. The normalized spacial score (nSPS) is 13.9. The van der Waals surface area contributed by atoms with Crippen LogP contribution in [0, 0.1) is 0 Å². The van der Waals surface area contributed by atoms with Gasteiger partial charge in [-0.2, -0.15) is 0 Å². The molecule has 3 nitrogen and oxygen atoms in total. The van der Waals surface area contributed by atoms with Crippen LogP contribution in [0.3, 0.4) is 0 Å². The third kappa shape index (κ3) is 1.60.